The van der Waals surface area contributed by atoms with Crippen molar-refractivity contribution in [1.82, 2.24) is 0 Å². The molecule has 2 spiro atoms. The molecule has 0 N–H and O–H groups in total. The van der Waals surface area contributed by atoms with E-state index >= 15 is 0 Å². The lowest BCUT2D eigenvalue weighted by Crippen LogP contribution is -2.58. The lowest BCUT2D eigenvalue weighted by molar-refractivity contribution is -0.181. The highest BCUT2D eigenvalue weighted by Gasteiger charge is 2.82. The minimum atomic E-state index is -0.424. The van der Waals surface area contributed by atoms with Crippen LogP contribution in [0.15, 0.2) is 12.2 Å². The summed E-state index contributed by atoms with van der Waals surface area (Å²) in [6.45, 7) is 21.0. The minimum Gasteiger partial charge on any atom is -0.462 e. The molecule has 5 aliphatic carbocycles. The van der Waals surface area contributed by atoms with Crippen molar-refractivity contribution in [3.8, 4) is 0 Å². The Morgan fingerprint density at radius 2 is 1.45 bits per heavy atom. The Balaban J connectivity index is 1.30. The molecular formula is C36H56O6. The van der Waals surface area contributed by atoms with Gasteiger partial charge in [-0.3, -0.25) is 14.4 Å². The van der Waals surface area contributed by atoms with Crippen molar-refractivity contribution in [2.75, 3.05) is 6.61 Å². The summed E-state index contributed by atoms with van der Waals surface area (Å²) in [5.74, 6) is 1.75. The van der Waals surface area contributed by atoms with Crippen LogP contribution < -0.4 is 0 Å². The van der Waals surface area contributed by atoms with E-state index < -0.39 is 6.10 Å². The number of carbonyl (C=O) groups is 3. The summed E-state index contributed by atoms with van der Waals surface area (Å²) in [5, 5.41) is 0. The Labute approximate surface area is 254 Å². The third kappa shape index (κ3) is 4.67. The first-order valence-electron chi connectivity index (χ1n) is 16.7. The Morgan fingerprint density at radius 3 is 2.10 bits per heavy atom. The van der Waals surface area contributed by atoms with Gasteiger partial charge in [0.2, 0.25) is 0 Å². The van der Waals surface area contributed by atoms with E-state index in [0.717, 1.165) is 18.8 Å². The molecule has 0 bridgehead atoms. The van der Waals surface area contributed by atoms with E-state index in [0.29, 0.717) is 51.4 Å². The second kappa shape index (κ2) is 10.6. The van der Waals surface area contributed by atoms with Crippen molar-refractivity contribution in [3.05, 3.63) is 12.2 Å². The summed E-state index contributed by atoms with van der Waals surface area (Å²) < 4.78 is 16.7. The number of rotatable bonds is 9. The Morgan fingerprint density at radius 1 is 0.786 bits per heavy atom. The number of esters is 3. The van der Waals surface area contributed by atoms with Crippen molar-refractivity contribution in [1.29, 1.82) is 0 Å². The average Bonchev–Trinajstić information content (AvgIpc) is 3.48. The molecule has 0 amide bonds. The predicted octanol–water partition coefficient (Wildman–Crippen LogP) is 7.82. The highest BCUT2D eigenvalue weighted by molar-refractivity contribution is 5.67. The third-order valence-electron chi connectivity index (χ3n) is 14.2. The van der Waals surface area contributed by atoms with Gasteiger partial charge in [0.25, 0.3) is 0 Å². The van der Waals surface area contributed by atoms with E-state index in [-0.39, 0.29) is 36.0 Å². The summed E-state index contributed by atoms with van der Waals surface area (Å²) in [4.78, 5) is 35.1. The van der Waals surface area contributed by atoms with Gasteiger partial charge in [-0.05, 0) is 116 Å². The van der Waals surface area contributed by atoms with Crippen LogP contribution >= 0.6 is 0 Å². The zero-order chi connectivity index (χ0) is 30.9. The lowest BCUT2D eigenvalue weighted by Gasteiger charge is -2.63. The fourth-order valence-electron chi connectivity index (χ4n) is 12.1. The largest absolute Gasteiger partial charge is 0.462 e. The third-order valence-corrected chi connectivity index (χ3v) is 14.2. The summed E-state index contributed by atoms with van der Waals surface area (Å²) in [6, 6.07) is 0. The monoisotopic (exact) mass is 584 g/mol. The SMILES string of the molecule is C=C(COC(C)=O)C(CC[C@@H](C)[C@H]1CC[C@@]2(C)[C@@H]3CC[C@H]4C(C)(C)[C@@H](OC(C)=O)CC[C@@]45C[C@@]35CC[C@]12C)OC(C)=O. The summed E-state index contributed by atoms with van der Waals surface area (Å²) in [7, 11) is 0. The van der Waals surface area contributed by atoms with Gasteiger partial charge < -0.3 is 14.2 Å². The van der Waals surface area contributed by atoms with Crippen LogP contribution in [0, 0.1) is 50.7 Å². The Hall–Kier alpha value is -1.85. The molecule has 0 heterocycles. The number of hydrogen-bond acceptors (Lipinski definition) is 6. The van der Waals surface area contributed by atoms with Gasteiger partial charge in [-0.2, -0.15) is 0 Å². The van der Waals surface area contributed by atoms with Gasteiger partial charge in [-0.1, -0.05) is 41.2 Å². The molecular weight excluding hydrogens is 528 g/mol. The van der Waals surface area contributed by atoms with Crippen LogP contribution in [0.2, 0.25) is 0 Å². The van der Waals surface area contributed by atoms with Crippen LogP contribution in [-0.2, 0) is 28.6 Å². The highest BCUT2D eigenvalue weighted by atomic mass is 16.6. The molecule has 0 aromatic heterocycles. The lowest BCUT2D eigenvalue weighted by atomic mass is 9.41. The molecule has 0 aromatic rings. The number of ether oxygens (including phenoxy) is 3. The van der Waals surface area contributed by atoms with Crippen LogP contribution in [0.25, 0.3) is 0 Å². The first-order chi connectivity index (χ1) is 19.5. The van der Waals surface area contributed by atoms with Crippen LogP contribution in [0.4, 0.5) is 0 Å². The zero-order valence-corrected chi connectivity index (χ0v) is 27.6. The zero-order valence-electron chi connectivity index (χ0n) is 27.6. The van der Waals surface area contributed by atoms with Crippen LogP contribution in [0.5, 0.6) is 0 Å². The highest BCUT2D eigenvalue weighted by Crippen LogP contribution is 2.89. The summed E-state index contributed by atoms with van der Waals surface area (Å²) in [6.07, 6.45) is 12.7. The van der Waals surface area contributed by atoms with Crippen LogP contribution in [0.1, 0.15) is 126 Å². The fourth-order valence-corrected chi connectivity index (χ4v) is 12.1. The van der Waals surface area contributed by atoms with E-state index in [2.05, 4.69) is 41.2 Å². The molecule has 5 aliphatic rings. The average molecular weight is 585 g/mol. The molecule has 6 heteroatoms. The van der Waals surface area contributed by atoms with Gasteiger partial charge in [0.15, 0.2) is 0 Å². The second-order valence-electron chi connectivity index (χ2n) is 16.2. The van der Waals surface area contributed by atoms with Gasteiger partial charge in [-0.15, -0.1) is 0 Å². The Kier molecular flexibility index (Phi) is 8.00. The maximum Gasteiger partial charge on any atom is 0.303 e. The molecule has 236 valence electrons. The minimum absolute atomic E-state index is 0.0325. The maximum atomic E-state index is 11.9. The molecule has 5 fully saturated rings. The molecule has 1 unspecified atom stereocenters. The van der Waals surface area contributed by atoms with Crippen molar-refractivity contribution in [2.24, 2.45) is 50.7 Å². The van der Waals surface area contributed by atoms with E-state index in [1.165, 1.54) is 65.2 Å². The van der Waals surface area contributed by atoms with Gasteiger partial charge in [-0.25, -0.2) is 0 Å². The molecule has 0 saturated heterocycles. The number of fused-ring (bicyclic) bond motifs is 2. The number of carbonyl (C=O) groups excluding carboxylic acids is 3. The van der Waals surface area contributed by atoms with E-state index in [9.17, 15) is 14.4 Å². The second-order valence-corrected chi connectivity index (χ2v) is 16.2. The van der Waals surface area contributed by atoms with Crippen molar-refractivity contribution >= 4 is 17.9 Å². The first-order valence-corrected chi connectivity index (χ1v) is 16.7. The molecule has 5 saturated carbocycles. The van der Waals surface area contributed by atoms with Crippen molar-refractivity contribution < 1.29 is 28.6 Å². The molecule has 10 atom stereocenters. The topological polar surface area (TPSA) is 78.9 Å². The van der Waals surface area contributed by atoms with E-state index in [4.69, 9.17) is 14.2 Å². The standard InChI is InChI=1S/C36H56O6/c1-22(10-11-28(41-25(4)38)23(2)20-40-24(3)37)27-14-16-34(9)30-13-12-29-32(6,7)31(42-26(5)39)15-17-35(29)21-36(30,35)19-18-33(27,34)8/h22,27-31H,2,10-21H2,1,3-9H3/t22-,27-,28?,29+,30+,31+,33-,34+,35-,36+/m1/s1. The molecule has 0 aliphatic heterocycles. The van der Waals surface area contributed by atoms with E-state index in [1.807, 2.05) is 0 Å². The first kappa shape index (κ1) is 31.6. The normalized spacial score (nSPS) is 42.5. The quantitative estimate of drug-likeness (QED) is 0.156. The molecule has 42 heavy (non-hydrogen) atoms. The van der Waals surface area contributed by atoms with Crippen LogP contribution in [0.3, 0.4) is 0 Å². The van der Waals surface area contributed by atoms with Gasteiger partial charge in [0, 0.05) is 31.8 Å². The van der Waals surface area contributed by atoms with Gasteiger partial charge in [0.1, 0.15) is 18.8 Å². The van der Waals surface area contributed by atoms with Crippen molar-refractivity contribution in [3.63, 3.8) is 0 Å². The molecule has 5 rings (SSSR count). The predicted molar refractivity (Wildman–Crippen MR) is 162 cm³/mol. The number of hydrogen-bond donors (Lipinski definition) is 0. The Bertz CT molecular complexity index is 1130. The fraction of sp³-hybridized carbons (Fsp3) is 0.861. The molecule has 6 nitrogen and oxygen atoms in total. The molecule has 0 radical (unpaired) electrons. The van der Waals surface area contributed by atoms with Crippen LogP contribution in [-0.4, -0.2) is 36.7 Å². The smallest absolute Gasteiger partial charge is 0.303 e. The maximum absolute atomic E-state index is 11.9. The van der Waals surface area contributed by atoms with Crippen molar-refractivity contribution in [2.45, 2.75) is 138 Å². The molecule has 0 aromatic carbocycles. The summed E-state index contributed by atoms with van der Waals surface area (Å²) >= 11 is 0. The van der Waals surface area contributed by atoms with Gasteiger partial charge >= 0.3 is 17.9 Å². The summed E-state index contributed by atoms with van der Waals surface area (Å²) in [5.41, 5.74) is 2.22. The van der Waals surface area contributed by atoms with E-state index in [1.54, 1.807) is 6.92 Å². The van der Waals surface area contributed by atoms with Gasteiger partial charge in [0.05, 0.1) is 0 Å².